The summed E-state index contributed by atoms with van der Waals surface area (Å²) in [6, 6.07) is 0. The largest absolute Gasteiger partial charge is 0.462 e. The van der Waals surface area contributed by atoms with Gasteiger partial charge in [-0.05, 0) is 33.1 Å². The van der Waals surface area contributed by atoms with Crippen molar-refractivity contribution in [1.82, 2.24) is 9.78 Å². The highest BCUT2D eigenvalue weighted by molar-refractivity contribution is 7.91. The smallest absolute Gasteiger partial charge is 0.341 e. The number of esters is 1. The molecular weight excluding hydrogens is 292 g/mol. The molecule has 1 aromatic heterocycles. The summed E-state index contributed by atoms with van der Waals surface area (Å²) in [5.74, 6) is 0.202. The van der Waals surface area contributed by atoms with E-state index in [2.05, 4.69) is 5.10 Å². The molecule has 0 bridgehead atoms. The van der Waals surface area contributed by atoms with Crippen LogP contribution in [0.25, 0.3) is 0 Å². The summed E-state index contributed by atoms with van der Waals surface area (Å²) >= 11 is 0. The Labute approximate surface area is 124 Å². The third kappa shape index (κ3) is 2.59. The van der Waals surface area contributed by atoms with Gasteiger partial charge < -0.3 is 4.74 Å². The van der Waals surface area contributed by atoms with Crippen LogP contribution >= 0.6 is 0 Å². The van der Waals surface area contributed by atoms with E-state index in [0.29, 0.717) is 24.5 Å². The Morgan fingerprint density at radius 1 is 1.52 bits per heavy atom. The molecule has 2 fully saturated rings. The van der Waals surface area contributed by atoms with Crippen molar-refractivity contribution in [3.63, 3.8) is 0 Å². The fraction of sp³-hybridized carbons (Fsp3) is 0.714. The molecule has 6 nitrogen and oxygen atoms in total. The Morgan fingerprint density at radius 2 is 2.24 bits per heavy atom. The van der Waals surface area contributed by atoms with Crippen molar-refractivity contribution in [3.05, 3.63) is 17.5 Å². The second-order valence-corrected chi connectivity index (χ2v) is 8.37. The molecular formula is C14H20N2O4S. The van der Waals surface area contributed by atoms with Crippen LogP contribution in [0.1, 0.15) is 55.1 Å². The summed E-state index contributed by atoms with van der Waals surface area (Å²) in [5, 5.41) is 4.35. The van der Waals surface area contributed by atoms with Crippen molar-refractivity contribution in [2.24, 2.45) is 0 Å². The molecule has 21 heavy (non-hydrogen) atoms. The maximum atomic E-state index is 12.1. The van der Waals surface area contributed by atoms with E-state index >= 15 is 0 Å². The van der Waals surface area contributed by atoms with E-state index < -0.39 is 15.4 Å². The SMILES string of the molecule is CCOC(=O)c1cnn(C2(C)CCS(=O)(=O)C2)c1C1CC1. The number of hydrogen-bond acceptors (Lipinski definition) is 5. The zero-order valence-corrected chi connectivity index (χ0v) is 13.1. The Kier molecular flexibility index (Phi) is 3.35. The molecule has 116 valence electrons. The van der Waals surface area contributed by atoms with Crippen LogP contribution in [0.15, 0.2) is 6.20 Å². The second kappa shape index (κ2) is 4.83. The van der Waals surface area contributed by atoms with Gasteiger partial charge in [-0.25, -0.2) is 13.2 Å². The number of rotatable bonds is 4. The molecule has 0 N–H and O–H groups in total. The van der Waals surface area contributed by atoms with Gasteiger partial charge >= 0.3 is 5.97 Å². The number of carbonyl (C=O) groups excluding carboxylic acids is 1. The van der Waals surface area contributed by atoms with E-state index in [1.165, 1.54) is 6.20 Å². The highest BCUT2D eigenvalue weighted by Crippen LogP contribution is 2.44. The lowest BCUT2D eigenvalue weighted by Gasteiger charge is -2.25. The van der Waals surface area contributed by atoms with Crippen molar-refractivity contribution in [1.29, 1.82) is 0 Å². The monoisotopic (exact) mass is 312 g/mol. The molecule has 3 rings (SSSR count). The number of ether oxygens (including phenoxy) is 1. The summed E-state index contributed by atoms with van der Waals surface area (Å²) in [6.45, 7) is 4.00. The summed E-state index contributed by atoms with van der Waals surface area (Å²) in [6.07, 6.45) is 4.10. The molecule has 1 aliphatic heterocycles. The first kappa shape index (κ1) is 14.6. The first-order valence-corrected chi connectivity index (χ1v) is 9.14. The Balaban J connectivity index is 2.02. The first-order chi connectivity index (χ1) is 9.86. The first-order valence-electron chi connectivity index (χ1n) is 7.32. The van der Waals surface area contributed by atoms with Gasteiger partial charge in [0, 0.05) is 5.92 Å². The van der Waals surface area contributed by atoms with Gasteiger partial charge in [0.05, 0.1) is 35.5 Å². The molecule has 0 radical (unpaired) electrons. The van der Waals surface area contributed by atoms with Crippen molar-refractivity contribution in [3.8, 4) is 0 Å². The minimum absolute atomic E-state index is 0.0870. The number of nitrogens with zero attached hydrogens (tertiary/aromatic N) is 2. The average Bonchev–Trinajstić information content (AvgIpc) is 3.06. The van der Waals surface area contributed by atoms with Gasteiger partial charge in [-0.2, -0.15) is 5.10 Å². The van der Waals surface area contributed by atoms with Crippen LogP contribution in [0.5, 0.6) is 0 Å². The van der Waals surface area contributed by atoms with Gasteiger partial charge in [0.25, 0.3) is 0 Å². The van der Waals surface area contributed by atoms with Crippen LogP contribution in [0.2, 0.25) is 0 Å². The maximum absolute atomic E-state index is 12.1. The van der Waals surface area contributed by atoms with E-state index in [9.17, 15) is 13.2 Å². The molecule has 1 saturated carbocycles. The van der Waals surface area contributed by atoms with E-state index in [4.69, 9.17) is 4.74 Å². The third-order valence-electron chi connectivity index (χ3n) is 4.26. The van der Waals surface area contributed by atoms with Gasteiger partial charge in [-0.3, -0.25) is 4.68 Å². The maximum Gasteiger partial charge on any atom is 0.341 e. The molecule has 1 aliphatic carbocycles. The lowest BCUT2D eigenvalue weighted by molar-refractivity contribution is 0.0524. The molecule has 1 saturated heterocycles. The van der Waals surface area contributed by atoms with Crippen LogP contribution in [0.3, 0.4) is 0 Å². The average molecular weight is 312 g/mol. The lowest BCUT2D eigenvalue weighted by Crippen LogP contribution is -2.34. The molecule has 0 aromatic carbocycles. The number of aromatic nitrogens is 2. The topological polar surface area (TPSA) is 78.3 Å². The number of hydrogen-bond donors (Lipinski definition) is 0. The second-order valence-electron chi connectivity index (χ2n) is 6.19. The number of sulfone groups is 1. The Morgan fingerprint density at radius 3 is 2.76 bits per heavy atom. The zero-order chi connectivity index (χ0) is 15.3. The van der Waals surface area contributed by atoms with Crippen molar-refractivity contribution < 1.29 is 17.9 Å². The molecule has 1 atom stereocenters. The highest BCUT2D eigenvalue weighted by Gasteiger charge is 2.44. The molecule has 7 heteroatoms. The van der Waals surface area contributed by atoms with Gasteiger partial charge in [-0.15, -0.1) is 0 Å². The van der Waals surface area contributed by atoms with Gasteiger partial charge in [0.15, 0.2) is 9.84 Å². The quantitative estimate of drug-likeness (QED) is 0.787. The van der Waals surface area contributed by atoms with E-state index in [1.54, 1.807) is 11.6 Å². The molecule has 1 unspecified atom stereocenters. The van der Waals surface area contributed by atoms with Gasteiger partial charge in [0.2, 0.25) is 0 Å². The Hall–Kier alpha value is -1.37. The molecule has 0 amide bonds. The highest BCUT2D eigenvalue weighted by atomic mass is 32.2. The van der Waals surface area contributed by atoms with Crippen LogP contribution in [0.4, 0.5) is 0 Å². The molecule has 1 aromatic rings. The molecule has 2 heterocycles. The van der Waals surface area contributed by atoms with Gasteiger partial charge in [-0.1, -0.05) is 0 Å². The predicted octanol–water partition coefficient (Wildman–Crippen LogP) is 1.47. The third-order valence-corrected chi connectivity index (χ3v) is 6.15. The lowest BCUT2D eigenvalue weighted by atomic mass is 10.0. The number of carbonyl (C=O) groups is 1. The van der Waals surface area contributed by atoms with Crippen molar-refractivity contribution in [2.75, 3.05) is 18.1 Å². The fourth-order valence-electron chi connectivity index (χ4n) is 3.06. The summed E-state index contributed by atoms with van der Waals surface area (Å²) < 4.78 is 30.5. The van der Waals surface area contributed by atoms with E-state index in [1.807, 2.05) is 6.92 Å². The van der Waals surface area contributed by atoms with Crippen LogP contribution in [0, 0.1) is 0 Å². The predicted molar refractivity (Wildman–Crippen MR) is 77.1 cm³/mol. The minimum Gasteiger partial charge on any atom is -0.462 e. The van der Waals surface area contributed by atoms with Gasteiger partial charge in [0.1, 0.15) is 5.56 Å². The van der Waals surface area contributed by atoms with Crippen LogP contribution in [-0.4, -0.2) is 42.3 Å². The summed E-state index contributed by atoms with van der Waals surface area (Å²) in [5.41, 5.74) is 0.791. The normalized spacial score (nSPS) is 27.7. The Bertz CT molecular complexity index is 675. The van der Waals surface area contributed by atoms with Crippen LogP contribution < -0.4 is 0 Å². The summed E-state index contributed by atoms with van der Waals surface area (Å²) in [7, 11) is -3.02. The van der Waals surface area contributed by atoms with Crippen molar-refractivity contribution >= 4 is 15.8 Å². The van der Waals surface area contributed by atoms with E-state index in [0.717, 1.165) is 18.5 Å². The zero-order valence-electron chi connectivity index (χ0n) is 12.3. The van der Waals surface area contributed by atoms with E-state index in [-0.39, 0.29) is 17.5 Å². The summed E-state index contributed by atoms with van der Waals surface area (Å²) in [4.78, 5) is 12.1. The van der Waals surface area contributed by atoms with Crippen molar-refractivity contribution in [2.45, 2.75) is 44.6 Å². The molecule has 0 spiro atoms. The van der Waals surface area contributed by atoms with Crippen LogP contribution in [-0.2, 0) is 20.1 Å². The fourth-order valence-corrected chi connectivity index (χ4v) is 5.17. The molecule has 2 aliphatic rings. The minimum atomic E-state index is -3.02. The standard InChI is InChI=1S/C14H20N2O4S/c1-3-20-13(17)11-8-15-16(12(11)10-4-5-10)14(2)6-7-21(18,19)9-14/h8,10H,3-7,9H2,1-2H3.